The van der Waals surface area contributed by atoms with Gasteiger partial charge in [-0.25, -0.2) is 0 Å². The first-order valence-electron chi connectivity index (χ1n) is 6.20. The van der Waals surface area contributed by atoms with Crippen LogP contribution in [0.1, 0.15) is 41.4 Å². The number of hydrogen-bond donors (Lipinski definition) is 2. The molecular weight excluding hydrogens is 246 g/mol. The molecule has 3 nitrogen and oxygen atoms in total. The maximum absolute atomic E-state index is 12.0. The van der Waals surface area contributed by atoms with E-state index in [4.69, 9.17) is 5.11 Å². The van der Waals surface area contributed by atoms with Crippen LogP contribution in [0.2, 0.25) is 0 Å². The molecule has 1 atom stereocenters. The number of carbonyl (C=O) groups excluding carboxylic acids is 1. The predicted octanol–water partition coefficient (Wildman–Crippen LogP) is 2.01. The zero-order chi connectivity index (χ0) is 13.0. The van der Waals surface area contributed by atoms with Crippen molar-refractivity contribution < 1.29 is 9.90 Å². The first kappa shape index (κ1) is 13.1. The highest BCUT2D eigenvalue weighted by atomic mass is 32.1. The highest BCUT2D eigenvalue weighted by Crippen LogP contribution is 2.29. The molecule has 2 N–H and O–H groups in total. The zero-order valence-electron chi connectivity index (χ0n) is 10.4. The van der Waals surface area contributed by atoms with Gasteiger partial charge in [0.15, 0.2) is 0 Å². The predicted molar refractivity (Wildman–Crippen MR) is 72.6 cm³/mol. The molecule has 2 rings (SSSR count). The van der Waals surface area contributed by atoms with E-state index in [1.165, 1.54) is 30.6 Å². The van der Waals surface area contributed by atoms with Crippen molar-refractivity contribution in [3.8, 4) is 11.8 Å². The van der Waals surface area contributed by atoms with E-state index in [1.54, 1.807) is 6.07 Å². The number of nitrogens with one attached hydrogen (secondary N) is 1. The Morgan fingerprint density at radius 1 is 1.67 bits per heavy atom. The van der Waals surface area contributed by atoms with Crippen LogP contribution in [0, 0.1) is 17.8 Å². The molecule has 1 heterocycles. The Kier molecular flexibility index (Phi) is 4.40. The Morgan fingerprint density at radius 2 is 2.44 bits per heavy atom. The van der Waals surface area contributed by atoms with Crippen molar-refractivity contribution in [2.75, 3.05) is 6.61 Å². The standard InChI is InChI=1S/C14H17NO2S/c1-10(11-4-2-5-11)15-14(17)12-8-13(18-9-12)6-3-7-16/h8-11,16H,2,4-5,7H2,1H3,(H,15,17). The number of hydrogen-bond acceptors (Lipinski definition) is 3. The van der Waals surface area contributed by atoms with E-state index in [-0.39, 0.29) is 18.6 Å². The van der Waals surface area contributed by atoms with Crippen LogP contribution in [-0.2, 0) is 0 Å². The van der Waals surface area contributed by atoms with Gasteiger partial charge in [0.2, 0.25) is 0 Å². The third-order valence-electron chi connectivity index (χ3n) is 3.37. The third-order valence-corrected chi connectivity index (χ3v) is 4.21. The largest absolute Gasteiger partial charge is 0.384 e. The molecule has 1 fully saturated rings. The molecule has 1 amide bonds. The summed E-state index contributed by atoms with van der Waals surface area (Å²) in [7, 11) is 0. The fourth-order valence-electron chi connectivity index (χ4n) is 2.00. The second kappa shape index (κ2) is 6.03. The molecule has 0 aliphatic heterocycles. The zero-order valence-corrected chi connectivity index (χ0v) is 11.2. The van der Waals surface area contributed by atoms with Gasteiger partial charge in [0.05, 0.1) is 10.4 Å². The number of thiophene rings is 1. The molecule has 0 spiro atoms. The number of rotatable bonds is 3. The summed E-state index contributed by atoms with van der Waals surface area (Å²) in [5.41, 5.74) is 0.661. The molecule has 4 heteroatoms. The molecule has 1 aliphatic rings. The first-order valence-corrected chi connectivity index (χ1v) is 7.08. The Labute approximate surface area is 111 Å². The summed E-state index contributed by atoms with van der Waals surface area (Å²) in [5.74, 6) is 6.00. The molecule has 0 saturated heterocycles. The Morgan fingerprint density at radius 3 is 3.06 bits per heavy atom. The van der Waals surface area contributed by atoms with Crippen LogP contribution in [-0.4, -0.2) is 23.7 Å². The second-order valence-corrected chi connectivity index (χ2v) is 5.52. The lowest BCUT2D eigenvalue weighted by Gasteiger charge is -2.31. The monoisotopic (exact) mass is 263 g/mol. The van der Waals surface area contributed by atoms with Crippen molar-refractivity contribution in [1.29, 1.82) is 0 Å². The average molecular weight is 263 g/mol. The lowest BCUT2D eigenvalue weighted by molar-refractivity contribution is 0.0909. The lowest BCUT2D eigenvalue weighted by Crippen LogP contribution is -2.40. The van der Waals surface area contributed by atoms with Gasteiger partial charge in [0.1, 0.15) is 6.61 Å². The number of aliphatic hydroxyl groups excluding tert-OH is 1. The van der Waals surface area contributed by atoms with Gasteiger partial charge >= 0.3 is 0 Å². The van der Waals surface area contributed by atoms with E-state index in [0.717, 1.165) is 4.88 Å². The molecule has 1 unspecified atom stereocenters. The Hall–Kier alpha value is -1.31. The van der Waals surface area contributed by atoms with E-state index in [9.17, 15) is 4.79 Å². The number of amides is 1. The summed E-state index contributed by atoms with van der Waals surface area (Å²) in [6.07, 6.45) is 3.72. The van der Waals surface area contributed by atoms with Crippen LogP contribution >= 0.6 is 11.3 Å². The minimum absolute atomic E-state index is 0.0253. The molecule has 0 aromatic carbocycles. The van der Waals surface area contributed by atoms with Gasteiger partial charge in [0.25, 0.3) is 5.91 Å². The van der Waals surface area contributed by atoms with Crippen LogP contribution in [0.4, 0.5) is 0 Å². The van der Waals surface area contributed by atoms with Crippen LogP contribution in [0.25, 0.3) is 0 Å². The van der Waals surface area contributed by atoms with Crippen molar-refractivity contribution >= 4 is 17.2 Å². The molecule has 1 aromatic heterocycles. The van der Waals surface area contributed by atoms with Gasteiger partial charge in [0, 0.05) is 11.4 Å². The molecule has 1 aromatic rings. The van der Waals surface area contributed by atoms with E-state index < -0.39 is 0 Å². The van der Waals surface area contributed by atoms with Gasteiger partial charge in [-0.15, -0.1) is 11.3 Å². The van der Waals surface area contributed by atoms with E-state index in [2.05, 4.69) is 24.1 Å². The van der Waals surface area contributed by atoms with Gasteiger partial charge < -0.3 is 10.4 Å². The maximum Gasteiger partial charge on any atom is 0.252 e. The topological polar surface area (TPSA) is 49.3 Å². The van der Waals surface area contributed by atoms with Crippen molar-refractivity contribution in [2.45, 2.75) is 32.2 Å². The Bertz CT molecular complexity index is 479. The normalized spacial score (nSPS) is 16.3. The van der Waals surface area contributed by atoms with Crippen molar-refractivity contribution in [2.24, 2.45) is 5.92 Å². The van der Waals surface area contributed by atoms with E-state index >= 15 is 0 Å². The fourth-order valence-corrected chi connectivity index (χ4v) is 2.75. The lowest BCUT2D eigenvalue weighted by atomic mass is 9.80. The van der Waals surface area contributed by atoms with Crippen LogP contribution in [0.3, 0.4) is 0 Å². The van der Waals surface area contributed by atoms with Crippen LogP contribution < -0.4 is 5.32 Å². The summed E-state index contributed by atoms with van der Waals surface area (Å²) in [6.45, 7) is 1.92. The smallest absolute Gasteiger partial charge is 0.252 e. The van der Waals surface area contributed by atoms with Gasteiger partial charge in [-0.2, -0.15) is 0 Å². The van der Waals surface area contributed by atoms with E-state index in [1.807, 2.05) is 5.38 Å². The van der Waals surface area contributed by atoms with Crippen molar-refractivity contribution in [3.63, 3.8) is 0 Å². The van der Waals surface area contributed by atoms with Crippen molar-refractivity contribution in [1.82, 2.24) is 5.32 Å². The average Bonchev–Trinajstić information content (AvgIpc) is 2.72. The molecule has 0 bridgehead atoms. The summed E-state index contributed by atoms with van der Waals surface area (Å²) in [5, 5.41) is 13.5. The quantitative estimate of drug-likeness (QED) is 0.820. The minimum atomic E-state index is -0.155. The van der Waals surface area contributed by atoms with Gasteiger partial charge in [-0.3, -0.25) is 4.79 Å². The summed E-state index contributed by atoms with van der Waals surface area (Å²) < 4.78 is 0. The molecule has 1 aliphatic carbocycles. The molecule has 0 radical (unpaired) electrons. The highest BCUT2D eigenvalue weighted by molar-refractivity contribution is 7.10. The number of aliphatic hydroxyl groups is 1. The van der Waals surface area contributed by atoms with Crippen LogP contribution in [0.15, 0.2) is 11.4 Å². The molecule has 18 heavy (non-hydrogen) atoms. The fraction of sp³-hybridized carbons (Fsp3) is 0.500. The van der Waals surface area contributed by atoms with Gasteiger partial charge in [-0.05, 0) is 31.7 Å². The first-order chi connectivity index (χ1) is 8.70. The van der Waals surface area contributed by atoms with Gasteiger partial charge in [-0.1, -0.05) is 18.3 Å². The third kappa shape index (κ3) is 3.12. The van der Waals surface area contributed by atoms with Crippen molar-refractivity contribution in [3.05, 3.63) is 21.9 Å². The minimum Gasteiger partial charge on any atom is -0.384 e. The SMILES string of the molecule is CC(NC(=O)c1csc(C#CCO)c1)C1CCC1. The van der Waals surface area contributed by atoms with E-state index in [0.29, 0.717) is 11.5 Å². The molecular formula is C14H17NO2S. The number of carbonyl (C=O) groups is 1. The summed E-state index contributed by atoms with van der Waals surface area (Å²) in [6, 6.07) is 2.02. The summed E-state index contributed by atoms with van der Waals surface area (Å²) >= 11 is 1.43. The molecule has 96 valence electrons. The Balaban J connectivity index is 1.93. The maximum atomic E-state index is 12.0. The molecule has 1 saturated carbocycles. The second-order valence-electron chi connectivity index (χ2n) is 4.61. The summed E-state index contributed by atoms with van der Waals surface area (Å²) in [4.78, 5) is 12.8. The highest BCUT2D eigenvalue weighted by Gasteiger charge is 2.25. The van der Waals surface area contributed by atoms with Crippen LogP contribution in [0.5, 0.6) is 0 Å².